The van der Waals surface area contributed by atoms with Crippen molar-refractivity contribution in [1.82, 2.24) is 4.90 Å². The number of nitrogens with zero attached hydrogens (tertiary/aromatic N) is 1. The van der Waals surface area contributed by atoms with Gasteiger partial charge in [-0.1, -0.05) is 66.2 Å². The molecule has 0 aromatic heterocycles. The predicted molar refractivity (Wildman–Crippen MR) is 115 cm³/mol. The molecule has 5 heteroatoms. The Hall–Kier alpha value is -3.11. The van der Waals surface area contributed by atoms with E-state index in [2.05, 4.69) is 5.32 Å². The standard InChI is InChI=1S/C24H21ClN2O2/c1-16-20(25)12-7-13-21(16)26-23(28)22(14-17-8-3-2-4-9-17)27-15-18-10-5-6-11-19(18)24(27)29/h2-13,22H,14-15H2,1H3,(H,26,28)/t22-/m0/s1. The summed E-state index contributed by atoms with van der Waals surface area (Å²) in [5.41, 5.74) is 4.07. The molecule has 0 aliphatic carbocycles. The smallest absolute Gasteiger partial charge is 0.255 e. The molecule has 146 valence electrons. The predicted octanol–water partition coefficient (Wildman–Crippen LogP) is 4.85. The molecule has 4 rings (SSSR count). The van der Waals surface area contributed by atoms with Crippen molar-refractivity contribution in [3.8, 4) is 0 Å². The fourth-order valence-electron chi connectivity index (χ4n) is 3.67. The third-order valence-electron chi connectivity index (χ3n) is 5.33. The average molecular weight is 405 g/mol. The number of hydrogen-bond acceptors (Lipinski definition) is 2. The summed E-state index contributed by atoms with van der Waals surface area (Å²) in [6, 6.07) is 22.0. The largest absolute Gasteiger partial charge is 0.324 e. The van der Waals surface area contributed by atoms with Gasteiger partial charge in [-0.15, -0.1) is 0 Å². The zero-order valence-corrected chi connectivity index (χ0v) is 16.8. The third kappa shape index (κ3) is 3.89. The van der Waals surface area contributed by atoms with E-state index in [-0.39, 0.29) is 11.8 Å². The molecule has 0 fully saturated rings. The van der Waals surface area contributed by atoms with Crippen LogP contribution in [-0.4, -0.2) is 22.8 Å². The number of fused-ring (bicyclic) bond motifs is 1. The molecule has 0 bridgehead atoms. The highest BCUT2D eigenvalue weighted by molar-refractivity contribution is 6.31. The van der Waals surface area contributed by atoms with E-state index in [4.69, 9.17) is 11.6 Å². The van der Waals surface area contributed by atoms with Crippen molar-refractivity contribution >= 4 is 29.1 Å². The van der Waals surface area contributed by atoms with Crippen LogP contribution in [0.3, 0.4) is 0 Å². The highest BCUT2D eigenvalue weighted by atomic mass is 35.5. The van der Waals surface area contributed by atoms with Crippen LogP contribution < -0.4 is 5.32 Å². The average Bonchev–Trinajstić information content (AvgIpc) is 3.07. The van der Waals surface area contributed by atoms with Crippen LogP contribution in [0.25, 0.3) is 0 Å². The molecular formula is C24H21ClN2O2. The lowest BCUT2D eigenvalue weighted by Gasteiger charge is -2.27. The maximum Gasteiger partial charge on any atom is 0.255 e. The van der Waals surface area contributed by atoms with Crippen LogP contribution in [0.5, 0.6) is 0 Å². The van der Waals surface area contributed by atoms with Crippen LogP contribution >= 0.6 is 11.6 Å². The first kappa shape index (κ1) is 19.2. The minimum absolute atomic E-state index is 0.112. The summed E-state index contributed by atoms with van der Waals surface area (Å²) in [7, 11) is 0. The normalized spacial score (nSPS) is 13.9. The molecule has 0 spiro atoms. The molecule has 3 aromatic rings. The molecule has 1 N–H and O–H groups in total. The molecule has 0 radical (unpaired) electrons. The Balaban J connectivity index is 1.65. The summed E-state index contributed by atoms with van der Waals surface area (Å²) in [5.74, 6) is -0.333. The van der Waals surface area contributed by atoms with Gasteiger partial charge in [0, 0.05) is 29.2 Å². The number of carbonyl (C=O) groups is 2. The van der Waals surface area contributed by atoms with Crippen molar-refractivity contribution in [2.75, 3.05) is 5.32 Å². The number of carbonyl (C=O) groups excluding carboxylic acids is 2. The second kappa shape index (κ2) is 8.10. The number of benzene rings is 3. The van der Waals surface area contributed by atoms with Crippen molar-refractivity contribution in [2.45, 2.75) is 25.9 Å². The van der Waals surface area contributed by atoms with Gasteiger partial charge in [0.05, 0.1) is 0 Å². The molecule has 4 nitrogen and oxygen atoms in total. The zero-order valence-electron chi connectivity index (χ0n) is 16.1. The van der Waals surface area contributed by atoms with E-state index in [1.54, 1.807) is 17.0 Å². The summed E-state index contributed by atoms with van der Waals surface area (Å²) in [5, 5.41) is 3.57. The Labute approximate surface area is 175 Å². The fourth-order valence-corrected chi connectivity index (χ4v) is 3.84. The lowest BCUT2D eigenvalue weighted by molar-refractivity contribution is -0.120. The van der Waals surface area contributed by atoms with Gasteiger partial charge in [-0.25, -0.2) is 0 Å². The van der Waals surface area contributed by atoms with Crippen molar-refractivity contribution in [3.05, 3.63) is 100 Å². The zero-order chi connectivity index (χ0) is 20.4. The Kier molecular flexibility index (Phi) is 5.36. The lowest BCUT2D eigenvalue weighted by atomic mass is 10.0. The van der Waals surface area contributed by atoms with Gasteiger partial charge in [0.15, 0.2) is 0 Å². The Morgan fingerprint density at radius 1 is 1.03 bits per heavy atom. The fraction of sp³-hybridized carbons (Fsp3) is 0.167. The molecule has 1 atom stereocenters. The van der Waals surface area contributed by atoms with E-state index < -0.39 is 6.04 Å². The van der Waals surface area contributed by atoms with Gasteiger partial charge in [0.25, 0.3) is 5.91 Å². The van der Waals surface area contributed by atoms with Gasteiger partial charge in [0.1, 0.15) is 6.04 Å². The molecule has 1 aliphatic heterocycles. The number of nitrogens with one attached hydrogen (secondary N) is 1. The second-order valence-electron chi connectivity index (χ2n) is 7.20. The van der Waals surface area contributed by atoms with Crippen molar-refractivity contribution in [3.63, 3.8) is 0 Å². The van der Waals surface area contributed by atoms with Crippen LogP contribution in [0, 0.1) is 6.92 Å². The Morgan fingerprint density at radius 3 is 2.52 bits per heavy atom. The van der Waals surface area contributed by atoms with Gasteiger partial charge >= 0.3 is 0 Å². The summed E-state index contributed by atoms with van der Waals surface area (Å²) in [6.07, 6.45) is 0.437. The molecule has 29 heavy (non-hydrogen) atoms. The summed E-state index contributed by atoms with van der Waals surface area (Å²) in [4.78, 5) is 28.0. The van der Waals surface area contributed by atoms with E-state index in [0.717, 1.165) is 16.7 Å². The van der Waals surface area contributed by atoms with Gasteiger partial charge in [-0.2, -0.15) is 0 Å². The number of amides is 2. The number of halogens is 1. The molecule has 1 aliphatic rings. The van der Waals surface area contributed by atoms with Crippen LogP contribution in [-0.2, 0) is 17.8 Å². The minimum atomic E-state index is -0.629. The van der Waals surface area contributed by atoms with E-state index in [1.165, 1.54) is 0 Å². The third-order valence-corrected chi connectivity index (χ3v) is 5.74. The second-order valence-corrected chi connectivity index (χ2v) is 7.60. The van der Waals surface area contributed by atoms with Crippen LogP contribution in [0.4, 0.5) is 5.69 Å². The van der Waals surface area contributed by atoms with E-state index in [9.17, 15) is 9.59 Å². The number of anilines is 1. The molecule has 0 unspecified atom stereocenters. The summed E-state index contributed by atoms with van der Waals surface area (Å²) >= 11 is 6.20. The monoisotopic (exact) mass is 404 g/mol. The molecular weight excluding hydrogens is 384 g/mol. The number of rotatable bonds is 5. The van der Waals surface area contributed by atoms with Crippen LogP contribution in [0.15, 0.2) is 72.8 Å². The molecule has 3 aromatic carbocycles. The van der Waals surface area contributed by atoms with Gasteiger partial charge in [-0.3, -0.25) is 9.59 Å². The Morgan fingerprint density at radius 2 is 1.76 bits per heavy atom. The molecule has 1 heterocycles. The topological polar surface area (TPSA) is 49.4 Å². The van der Waals surface area contributed by atoms with Gasteiger partial charge < -0.3 is 10.2 Å². The van der Waals surface area contributed by atoms with E-state index in [1.807, 2.05) is 67.6 Å². The number of hydrogen-bond donors (Lipinski definition) is 1. The Bertz CT molecular complexity index is 1070. The van der Waals surface area contributed by atoms with Crippen LogP contribution in [0.2, 0.25) is 5.02 Å². The van der Waals surface area contributed by atoms with Crippen LogP contribution in [0.1, 0.15) is 27.0 Å². The van der Waals surface area contributed by atoms with Crippen molar-refractivity contribution in [1.29, 1.82) is 0 Å². The minimum Gasteiger partial charge on any atom is -0.324 e. The highest BCUT2D eigenvalue weighted by Crippen LogP contribution is 2.28. The van der Waals surface area contributed by atoms with E-state index in [0.29, 0.717) is 29.2 Å². The first-order valence-electron chi connectivity index (χ1n) is 9.53. The quantitative estimate of drug-likeness (QED) is 0.660. The highest BCUT2D eigenvalue weighted by Gasteiger charge is 2.36. The van der Waals surface area contributed by atoms with Gasteiger partial charge in [0.2, 0.25) is 5.91 Å². The first-order chi connectivity index (χ1) is 14.0. The molecule has 2 amide bonds. The summed E-state index contributed by atoms with van der Waals surface area (Å²) < 4.78 is 0. The SMILES string of the molecule is Cc1c(Cl)cccc1NC(=O)[C@H](Cc1ccccc1)N1Cc2ccccc2C1=O. The maximum absolute atomic E-state index is 13.3. The lowest BCUT2D eigenvalue weighted by Crippen LogP contribution is -2.45. The first-order valence-corrected chi connectivity index (χ1v) is 9.91. The van der Waals surface area contributed by atoms with Gasteiger partial charge in [-0.05, 0) is 41.8 Å². The summed E-state index contributed by atoms with van der Waals surface area (Å²) in [6.45, 7) is 2.29. The molecule has 0 saturated heterocycles. The molecule has 0 saturated carbocycles. The van der Waals surface area contributed by atoms with E-state index >= 15 is 0 Å². The maximum atomic E-state index is 13.3. The van der Waals surface area contributed by atoms with Crippen molar-refractivity contribution in [2.24, 2.45) is 0 Å². The van der Waals surface area contributed by atoms with Crippen molar-refractivity contribution < 1.29 is 9.59 Å².